The monoisotopic (exact) mass is 151 g/mol. The lowest BCUT2D eigenvalue weighted by atomic mass is 9.85. The number of carbonyl (C=O) groups excluding carboxylic acids is 1. The molecule has 0 bridgehead atoms. The Bertz CT molecular complexity index is 214. The second-order valence-electron chi connectivity index (χ2n) is 4.29. The van der Waals surface area contributed by atoms with Crippen LogP contribution in [-0.2, 0) is 4.79 Å². The van der Waals surface area contributed by atoms with E-state index in [1.165, 1.54) is 19.3 Å². The molecule has 3 rings (SSSR count). The molecule has 1 aliphatic heterocycles. The highest BCUT2D eigenvalue weighted by Gasteiger charge is 2.52. The molecule has 4 unspecified atom stereocenters. The molecule has 0 aromatic carbocycles. The molecule has 60 valence electrons. The smallest absolute Gasteiger partial charge is 0.220 e. The van der Waals surface area contributed by atoms with Gasteiger partial charge in [0.15, 0.2) is 0 Å². The molecular formula is C9H13NO. The van der Waals surface area contributed by atoms with Gasteiger partial charge in [-0.25, -0.2) is 0 Å². The van der Waals surface area contributed by atoms with Crippen LogP contribution in [0, 0.1) is 17.8 Å². The second kappa shape index (κ2) is 1.79. The minimum absolute atomic E-state index is 0.299. The number of hydrogen-bond acceptors (Lipinski definition) is 1. The van der Waals surface area contributed by atoms with Gasteiger partial charge in [-0.15, -0.1) is 0 Å². The fraction of sp³-hybridized carbons (Fsp3) is 0.889. The van der Waals surface area contributed by atoms with Crippen molar-refractivity contribution >= 4 is 5.91 Å². The van der Waals surface area contributed by atoms with Gasteiger partial charge in [-0.2, -0.15) is 0 Å². The Morgan fingerprint density at radius 2 is 2.09 bits per heavy atom. The van der Waals surface area contributed by atoms with Crippen molar-refractivity contribution in [1.82, 2.24) is 5.32 Å². The molecule has 2 saturated carbocycles. The van der Waals surface area contributed by atoms with E-state index in [2.05, 4.69) is 5.32 Å². The third kappa shape index (κ3) is 0.754. The molecule has 2 heteroatoms. The van der Waals surface area contributed by atoms with Gasteiger partial charge in [-0.1, -0.05) is 0 Å². The Labute approximate surface area is 66.4 Å². The molecule has 0 aromatic heterocycles. The van der Waals surface area contributed by atoms with Crippen LogP contribution in [0.3, 0.4) is 0 Å². The van der Waals surface area contributed by atoms with Crippen molar-refractivity contribution in [2.24, 2.45) is 17.8 Å². The number of hydrogen-bond donors (Lipinski definition) is 1. The van der Waals surface area contributed by atoms with Gasteiger partial charge in [0.05, 0.1) is 0 Å². The highest BCUT2D eigenvalue weighted by atomic mass is 16.2. The summed E-state index contributed by atoms with van der Waals surface area (Å²) in [4.78, 5) is 11.1. The van der Waals surface area contributed by atoms with Crippen molar-refractivity contribution in [2.45, 2.75) is 31.7 Å². The molecule has 0 aromatic rings. The molecule has 1 amide bonds. The fourth-order valence-electron chi connectivity index (χ4n) is 2.94. The van der Waals surface area contributed by atoms with Crippen molar-refractivity contribution in [2.75, 3.05) is 0 Å². The summed E-state index contributed by atoms with van der Waals surface area (Å²) in [5.74, 6) is 2.86. The van der Waals surface area contributed by atoms with Crippen LogP contribution in [-0.4, -0.2) is 11.9 Å². The first-order valence-corrected chi connectivity index (χ1v) is 4.64. The zero-order chi connectivity index (χ0) is 7.42. The molecule has 1 saturated heterocycles. The van der Waals surface area contributed by atoms with Crippen molar-refractivity contribution in [3.63, 3.8) is 0 Å². The lowest BCUT2D eigenvalue weighted by Gasteiger charge is -2.23. The normalized spacial score (nSPS) is 52.9. The van der Waals surface area contributed by atoms with Crippen LogP contribution < -0.4 is 5.32 Å². The minimum Gasteiger partial charge on any atom is -0.353 e. The van der Waals surface area contributed by atoms with Crippen LogP contribution in [0.5, 0.6) is 0 Å². The molecule has 2 nitrogen and oxygen atoms in total. The maximum absolute atomic E-state index is 11.1. The Morgan fingerprint density at radius 1 is 1.27 bits per heavy atom. The van der Waals surface area contributed by atoms with E-state index in [9.17, 15) is 4.79 Å². The molecule has 0 spiro atoms. The van der Waals surface area contributed by atoms with Gasteiger partial charge in [-0.05, 0) is 37.0 Å². The van der Waals surface area contributed by atoms with Crippen LogP contribution in [0.25, 0.3) is 0 Å². The summed E-state index contributed by atoms with van der Waals surface area (Å²) < 4.78 is 0. The Hall–Kier alpha value is -0.530. The Morgan fingerprint density at radius 3 is 3.00 bits per heavy atom. The molecular weight excluding hydrogens is 138 g/mol. The standard InChI is InChI=1S/C9H13NO/c11-8-4-6-2-1-5-3-7(5)9(6)10-8/h5-7,9H,1-4H2,(H,10,11). The maximum Gasteiger partial charge on any atom is 0.220 e. The van der Waals surface area contributed by atoms with Crippen molar-refractivity contribution in [3.05, 3.63) is 0 Å². The van der Waals surface area contributed by atoms with Crippen molar-refractivity contribution < 1.29 is 4.79 Å². The van der Waals surface area contributed by atoms with Gasteiger partial charge in [0.2, 0.25) is 5.91 Å². The lowest BCUT2D eigenvalue weighted by Crippen LogP contribution is -2.33. The second-order valence-corrected chi connectivity index (χ2v) is 4.29. The number of nitrogens with one attached hydrogen (secondary N) is 1. The maximum atomic E-state index is 11.1. The first kappa shape index (κ1) is 6.04. The van der Waals surface area contributed by atoms with E-state index in [4.69, 9.17) is 0 Å². The van der Waals surface area contributed by atoms with Crippen LogP contribution in [0.1, 0.15) is 25.7 Å². The van der Waals surface area contributed by atoms with E-state index in [-0.39, 0.29) is 0 Å². The van der Waals surface area contributed by atoms with Crippen molar-refractivity contribution in [1.29, 1.82) is 0 Å². The predicted octanol–water partition coefficient (Wildman–Crippen LogP) is 0.921. The first-order valence-electron chi connectivity index (χ1n) is 4.64. The molecule has 0 radical (unpaired) electrons. The van der Waals surface area contributed by atoms with Crippen molar-refractivity contribution in [3.8, 4) is 0 Å². The summed E-state index contributed by atoms with van der Waals surface area (Å²) in [7, 11) is 0. The number of fused-ring (bicyclic) bond motifs is 3. The number of carbonyl (C=O) groups is 1. The van der Waals surface area contributed by atoms with Gasteiger partial charge < -0.3 is 5.32 Å². The Kier molecular flexibility index (Phi) is 0.984. The van der Waals surface area contributed by atoms with Gasteiger partial charge in [-0.3, -0.25) is 4.79 Å². The molecule has 3 aliphatic rings. The topological polar surface area (TPSA) is 29.1 Å². The highest BCUT2D eigenvalue weighted by Crippen LogP contribution is 2.53. The number of amides is 1. The highest BCUT2D eigenvalue weighted by molar-refractivity contribution is 5.79. The quantitative estimate of drug-likeness (QED) is 0.548. The van der Waals surface area contributed by atoms with Gasteiger partial charge in [0.25, 0.3) is 0 Å². The van der Waals surface area contributed by atoms with Gasteiger partial charge in [0.1, 0.15) is 0 Å². The SMILES string of the molecule is O=C1CC2CCC3CC3C2N1. The summed E-state index contributed by atoms with van der Waals surface area (Å²) in [6, 6.07) is 0.584. The molecule has 3 fully saturated rings. The molecule has 1 heterocycles. The average molecular weight is 151 g/mol. The van der Waals surface area contributed by atoms with E-state index in [0.29, 0.717) is 17.9 Å². The van der Waals surface area contributed by atoms with Gasteiger partial charge >= 0.3 is 0 Å². The van der Waals surface area contributed by atoms with E-state index < -0.39 is 0 Å². The van der Waals surface area contributed by atoms with Crippen LogP contribution in [0.15, 0.2) is 0 Å². The largest absolute Gasteiger partial charge is 0.353 e. The summed E-state index contributed by atoms with van der Waals surface area (Å²) in [5, 5.41) is 3.11. The molecule has 4 atom stereocenters. The van der Waals surface area contributed by atoms with Crippen LogP contribution in [0.4, 0.5) is 0 Å². The number of rotatable bonds is 0. The average Bonchev–Trinajstić information content (AvgIpc) is 2.67. The predicted molar refractivity (Wildman–Crippen MR) is 40.9 cm³/mol. The lowest BCUT2D eigenvalue weighted by molar-refractivity contribution is -0.119. The summed E-state index contributed by atoms with van der Waals surface area (Å²) in [6.07, 6.45) is 4.89. The van der Waals surface area contributed by atoms with E-state index >= 15 is 0 Å². The zero-order valence-corrected chi connectivity index (χ0v) is 6.55. The third-order valence-corrected chi connectivity index (χ3v) is 3.63. The van der Waals surface area contributed by atoms with E-state index in [0.717, 1.165) is 18.3 Å². The van der Waals surface area contributed by atoms with Crippen LogP contribution in [0.2, 0.25) is 0 Å². The Balaban J connectivity index is 1.84. The van der Waals surface area contributed by atoms with E-state index in [1.54, 1.807) is 0 Å². The molecule has 11 heavy (non-hydrogen) atoms. The summed E-state index contributed by atoms with van der Waals surface area (Å²) in [6.45, 7) is 0. The minimum atomic E-state index is 0.299. The third-order valence-electron chi connectivity index (χ3n) is 3.63. The van der Waals surface area contributed by atoms with Gasteiger partial charge in [0, 0.05) is 12.5 Å². The summed E-state index contributed by atoms with van der Waals surface area (Å²) >= 11 is 0. The zero-order valence-electron chi connectivity index (χ0n) is 6.55. The molecule has 2 aliphatic carbocycles. The first-order chi connectivity index (χ1) is 5.34. The fourth-order valence-corrected chi connectivity index (χ4v) is 2.94. The van der Waals surface area contributed by atoms with Crippen LogP contribution >= 0.6 is 0 Å². The molecule has 1 N–H and O–H groups in total. The van der Waals surface area contributed by atoms with E-state index in [1.807, 2.05) is 0 Å². The summed E-state index contributed by atoms with van der Waals surface area (Å²) in [5.41, 5.74) is 0.